The summed E-state index contributed by atoms with van der Waals surface area (Å²) in [7, 11) is 1.49. The van der Waals surface area contributed by atoms with Crippen LogP contribution in [0.4, 0.5) is 0 Å². The average Bonchev–Trinajstić information content (AvgIpc) is 3.13. The Labute approximate surface area is 135 Å². The first kappa shape index (κ1) is 13.8. The Morgan fingerprint density at radius 1 is 1.39 bits per heavy atom. The molecule has 0 aromatic carbocycles. The molecule has 0 unspecified atom stereocenters. The summed E-state index contributed by atoms with van der Waals surface area (Å²) >= 11 is 1.20. The molecule has 10 nitrogen and oxygen atoms in total. The van der Waals surface area contributed by atoms with Gasteiger partial charge in [0.25, 0.3) is 5.19 Å². The summed E-state index contributed by atoms with van der Waals surface area (Å²) < 4.78 is 20.6. The van der Waals surface area contributed by atoms with E-state index in [1.165, 1.54) is 24.6 Å². The van der Waals surface area contributed by atoms with E-state index in [4.69, 9.17) is 10.8 Å². The van der Waals surface area contributed by atoms with E-state index in [2.05, 4.69) is 25.6 Å². The maximum absolute atomic E-state index is 12.1. The highest BCUT2D eigenvalue weighted by Crippen LogP contribution is 2.23. The molecule has 0 amide bonds. The lowest BCUT2D eigenvalue weighted by atomic mass is 10.2. The number of ether oxygens (including phenoxy) is 2. The standard InChI is InChI=1S/C12H13N7O3S/c1-3-21-10-8(7-22-11-13-4-5-23-11)9(6-14-15-10)19-12(20)18(2)16-17-19/h4-6H,3,7H2,1-2H3/i4T. The molecule has 0 spiro atoms. The van der Waals surface area contributed by atoms with Crippen molar-refractivity contribution in [2.75, 3.05) is 6.61 Å². The van der Waals surface area contributed by atoms with Crippen molar-refractivity contribution in [2.24, 2.45) is 7.05 Å². The third-order valence-corrected chi connectivity index (χ3v) is 3.47. The Bertz CT molecular complexity index is 906. The lowest BCUT2D eigenvalue weighted by Crippen LogP contribution is -2.23. The Kier molecular flexibility index (Phi) is 3.92. The number of aromatic nitrogens is 7. The van der Waals surface area contributed by atoms with Crippen molar-refractivity contribution in [1.82, 2.24) is 35.0 Å². The molecule has 0 saturated heterocycles. The van der Waals surface area contributed by atoms with E-state index < -0.39 is 5.69 Å². The number of aryl methyl sites for hydroxylation is 1. The third-order valence-electron chi connectivity index (χ3n) is 2.84. The molecule has 0 bridgehead atoms. The molecule has 0 radical (unpaired) electrons. The fourth-order valence-electron chi connectivity index (χ4n) is 1.80. The van der Waals surface area contributed by atoms with E-state index >= 15 is 0 Å². The van der Waals surface area contributed by atoms with Gasteiger partial charge in [0.2, 0.25) is 5.88 Å². The minimum Gasteiger partial charge on any atom is -0.477 e. The Hall–Kier alpha value is -2.82. The van der Waals surface area contributed by atoms with Crippen molar-refractivity contribution in [3.8, 4) is 16.8 Å². The van der Waals surface area contributed by atoms with Gasteiger partial charge in [0, 0.05) is 18.6 Å². The third kappa shape index (κ3) is 3.04. The Balaban J connectivity index is 2.00. The first-order valence-electron chi connectivity index (χ1n) is 7.11. The van der Waals surface area contributed by atoms with Gasteiger partial charge in [-0.1, -0.05) is 11.3 Å². The van der Waals surface area contributed by atoms with Crippen LogP contribution in [-0.4, -0.2) is 41.6 Å². The predicted octanol–water partition coefficient (Wildman–Crippen LogP) is 0.190. The van der Waals surface area contributed by atoms with Crippen LogP contribution in [0.25, 0.3) is 5.69 Å². The van der Waals surface area contributed by atoms with Crippen molar-refractivity contribution in [3.63, 3.8) is 0 Å². The zero-order valence-electron chi connectivity index (χ0n) is 13.3. The largest absolute Gasteiger partial charge is 0.477 e. The van der Waals surface area contributed by atoms with Gasteiger partial charge >= 0.3 is 5.69 Å². The molecule has 120 valence electrons. The molecule has 0 atom stereocenters. The molecule has 3 aromatic rings. The summed E-state index contributed by atoms with van der Waals surface area (Å²) in [6.45, 7) is 2.20. The van der Waals surface area contributed by atoms with Crippen molar-refractivity contribution in [3.05, 3.63) is 33.8 Å². The van der Waals surface area contributed by atoms with Crippen LogP contribution in [0.5, 0.6) is 11.1 Å². The molecular weight excluding hydrogens is 322 g/mol. The van der Waals surface area contributed by atoms with E-state index in [0.717, 1.165) is 9.36 Å². The highest BCUT2D eigenvalue weighted by atomic mass is 32.1. The van der Waals surface area contributed by atoms with Gasteiger partial charge < -0.3 is 9.47 Å². The van der Waals surface area contributed by atoms with Crippen LogP contribution in [0, 0.1) is 0 Å². The smallest absolute Gasteiger partial charge is 0.368 e. The van der Waals surface area contributed by atoms with E-state index in [1.54, 1.807) is 12.3 Å². The van der Waals surface area contributed by atoms with E-state index in [1.807, 2.05) is 0 Å². The van der Waals surface area contributed by atoms with Crippen molar-refractivity contribution < 1.29 is 10.8 Å². The average molecular weight is 337 g/mol. The number of thiazole rings is 1. The first-order valence-corrected chi connectivity index (χ1v) is 7.49. The zero-order valence-corrected chi connectivity index (χ0v) is 13.1. The number of tetrazole rings is 1. The molecule has 0 saturated carbocycles. The van der Waals surface area contributed by atoms with Gasteiger partial charge in [0.15, 0.2) is 0 Å². The van der Waals surface area contributed by atoms with Crippen molar-refractivity contribution >= 4 is 11.3 Å². The lowest BCUT2D eigenvalue weighted by Gasteiger charge is -2.11. The monoisotopic (exact) mass is 337 g/mol. The van der Waals surface area contributed by atoms with Crippen LogP contribution in [-0.2, 0) is 13.7 Å². The molecule has 3 heterocycles. The van der Waals surface area contributed by atoms with E-state index in [9.17, 15) is 4.79 Å². The molecular formula is C12H13N7O3S. The van der Waals surface area contributed by atoms with Gasteiger partial charge in [-0.25, -0.2) is 9.78 Å². The van der Waals surface area contributed by atoms with Gasteiger partial charge in [-0.2, -0.15) is 14.5 Å². The summed E-state index contributed by atoms with van der Waals surface area (Å²) in [5, 5.41) is 17.1. The maximum atomic E-state index is 12.1. The number of nitrogens with zero attached hydrogens (tertiary/aromatic N) is 7. The van der Waals surface area contributed by atoms with Crippen LogP contribution in [0.2, 0.25) is 0 Å². The van der Waals surface area contributed by atoms with Gasteiger partial charge in [0.1, 0.15) is 12.3 Å². The molecule has 3 rings (SSSR count). The van der Waals surface area contributed by atoms with E-state index in [-0.39, 0.29) is 18.7 Å². The molecule has 0 aliphatic carbocycles. The number of hydrogen-bond donors (Lipinski definition) is 0. The van der Waals surface area contributed by atoms with Crippen LogP contribution in [0.1, 0.15) is 13.9 Å². The molecule has 0 fully saturated rings. The quantitative estimate of drug-likeness (QED) is 0.627. The fourth-order valence-corrected chi connectivity index (χ4v) is 2.24. The second-order valence-corrected chi connectivity index (χ2v) is 5.10. The second-order valence-electron chi connectivity index (χ2n) is 4.27. The maximum Gasteiger partial charge on any atom is 0.368 e. The first-order chi connectivity index (χ1) is 11.6. The van der Waals surface area contributed by atoms with E-state index in [0.29, 0.717) is 23.1 Å². The van der Waals surface area contributed by atoms with Crippen molar-refractivity contribution in [1.29, 1.82) is 0 Å². The molecule has 3 aromatic heterocycles. The molecule has 0 aliphatic heterocycles. The topological polar surface area (TPSA) is 110 Å². The SMILES string of the molecule is [3H]c1csc(OCc2c(-n3nnn(C)c3=O)cnnc2OCC)n1. The predicted molar refractivity (Wildman–Crippen MR) is 79.8 cm³/mol. The van der Waals surface area contributed by atoms with Crippen LogP contribution in [0.15, 0.2) is 22.5 Å². The fraction of sp³-hybridized carbons (Fsp3) is 0.333. The van der Waals surface area contributed by atoms with Crippen LogP contribution >= 0.6 is 11.3 Å². The van der Waals surface area contributed by atoms with Gasteiger partial charge in [-0.15, -0.1) is 5.10 Å². The zero-order chi connectivity index (χ0) is 17.1. The van der Waals surface area contributed by atoms with Crippen LogP contribution < -0.4 is 15.2 Å². The summed E-state index contributed by atoms with van der Waals surface area (Å²) in [5.41, 5.74) is 0.403. The normalized spacial score (nSPS) is 11.3. The molecule has 0 aliphatic rings. The minimum absolute atomic E-state index is 0.0240. The van der Waals surface area contributed by atoms with Gasteiger partial charge in [0.05, 0.1) is 19.7 Å². The minimum atomic E-state index is -0.436. The second kappa shape index (κ2) is 6.52. The summed E-state index contributed by atoms with van der Waals surface area (Å²) in [6, 6.07) is 0. The summed E-state index contributed by atoms with van der Waals surface area (Å²) in [5.74, 6) is 0.232. The summed E-state index contributed by atoms with van der Waals surface area (Å²) in [6.07, 6.45) is 1.51. The van der Waals surface area contributed by atoms with Crippen LogP contribution in [0.3, 0.4) is 0 Å². The Morgan fingerprint density at radius 2 is 2.26 bits per heavy atom. The number of rotatable bonds is 6. The molecule has 23 heavy (non-hydrogen) atoms. The molecule has 11 heteroatoms. The molecule has 0 N–H and O–H groups in total. The van der Waals surface area contributed by atoms with Gasteiger partial charge in [-0.05, 0) is 17.4 Å². The lowest BCUT2D eigenvalue weighted by molar-refractivity contribution is 0.276. The summed E-state index contributed by atoms with van der Waals surface area (Å²) in [4.78, 5) is 16.0. The van der Waals surface area contributed by atoms with Crippen molar-refractivity contribution in [2.45, 2.75) is 13.5 Å². The highest BCUT2D eigenvalue weighted by Gasteiger charge is 2.18. The highest BCUT2D eigenvalue weighted by molar-refractivity contribution is 7.11. The van der Waals surface area contributed by atoms with Gasteiger partial charge in [-0.3, -0.25) is 0 Å². The Morgan fingerprint density at radius 3 is 2.91 bits per heavy atom. The number of hydrogen-bond acceptors (Lipinski definition) is 9.